The Labute approximate surface area is 110 Å². The summed E-state index contributed by atoms with van der Waals surface area (Å²) in [6.07, 6.45) is 0.647. The van der Waals surface area contributed by atoms with Crippen LogP contribution in [-0.2, 0) is 19.1 Å². The molecule has 2 aliphatic carbocycles. The Kier molecular flexibility index (Phi) is 2.73. The van der Waals surface area contributed by atoms with Gasteiger partial charge in [-0.3, -0.25) is 9.59 Å². The van der Waals surface area contributed by atoms with Gasteiger partial charge < -0.3 is 4.74 Å². The van der Waals surface area contributed by atoms with Crippen LogP contribution < -0.4 is 0 Å². The summed E-state index contributed by atoms with van der Waals surface area (Å²) >= 11 is 0. The Morgan fingerprint density at radius 1 is 1.26 bits per heavy atom. The molecule has 3 unspecified atom stereocenters. The van der Waals surface area contributed by atoms with Crippen LogP contribution in [0.25, 0.3) is 0 Å². The van der Waals surface area contributed by atoms with Gasteiger partial charge in [0.25, 0.3) is 5.78 Å². The predicted octanol–water partition coefficient (Wildman–Crippen LogP) is 1.59. The van der Waals surface area contributed by atoms with Crippen LogP contribution in [0.4, 0.5) is 0 Å². The summed E-state index contributed by atoms with van der Waals surface area (Å²) in [4.78, 5) is 35.8. The monoisotopic (exact) mass is 258 g/mol. The summed E-state index contributed by atoms with van der Waals surface area (Å²) in [5, 5.41) is 0. The number of carbonyl (C=O) groups excluding carboxylic acids is 3. The topological polar surface area (TPSA) is 60.4 Å². The van der Waals surface area contributed by atoms with Crippen molar-refractivity contribution in [3.63, 3.8) is 0 Å². The zero-order chi connectivity index (χ0) is 13.6. The summed E-state index contributed by atoms with van der Waals surface area (Å²) < 4.78 is 4.72. The van der Waals surface area contributed by atoms with Gasteiger partial charge in [0.2, 0.25) is 0 Å². The zero-order valence-electron chi connectivity index (χ0n) is 10.6. The molecule has 1 saturated carbocycles. The van der Waals surface area contributed by atoms with Crippen LogP contribution in [-0.4, -0.2) is 24.1 Å². The molecule has 2 bridgehead atoms. The van der Waals surface area contributed by atoms with Gasteiger partial charge in [0.05, 0.1) is 12.5 Å². The van der Waals surface area contributed by atoms with Crippen molar-refractivity contribution in [1.82, 2.24) is 0 Å². The van der Waals surface area contributed by atoms with Gasteiger partial charge in [-0.1, -0.05) is 24.3 Å². The highest BCUT2D eigenvalue weighted by Gasteiger charge is 2.54. The van der Waals surface area contributed by atoms with E-state index in [4.69, 9.17) is 4.74 Å². The minimum Gasteiger partial charge on any atom is -0.460 e. The van der Waals surface area contributed by atoms with E-state index < -0.39 is 17.7 Å². The molecule has 98 valence electrons. The van der Waals surface area contributed by atoms with Gasteiger partial charge >= 0.3 is 5.97 Å². The maximum absolute atomic E-state index is 12.3. The molecule has 4 nitrogen and oxygen atoms in total. The largest absolute Gasteiger partial charge is 0.460 e. The van der Waals surface area contributed by atoms with Crippen molar-refractivity contribution in [2.75, 3.05) is 6.61 Å². The Bertz CT molecular complexity index is 575. The highest BCUT2D eigenvalue weighted by molar-refractivity contribution is 6.39. The zero-order valence-corrected chi connectivity index (χ0v) is 10.6. The third-order valence-corrected chi connectivity index (χ3v) is 4.07. The Hall–Kier alpha value is -1.97. The van der Waals surface area contributed by atoms with Crippen LogP contribution >= 0.6 is 0 Å². The second kappa shape index (κ2) is 4.30. The molecular formula is C15H14O4. The molecule has 0 saturated heterocycles. The SMILES string of the molecule is CCOC(=O)C(=O)C1C(=O)C2CC1c1ccccc12. The van der Waals surface area contributed by atoms with E-state index in [9.17, 15) is 14.4 Å². The summed E-state index contributed by atoms with van der Waals surface area (Å²) in [6, 6.07) is 7.67. The number of benzene rings is 1. The Balaban J connectivity index is 1.93. The van der Waals surface area contributed by atoms with Crippen molar-refractivity contribution in [1.29, 1.82) is 0 Å². The van der Waals surface area contributed by atoms with Gasteiger partial charge in [-0.05, 0) is 24.5 Å². The molecule has 0 amide bonds. The number of hydrogen-bond donors (Lipinski definition) is 0. The lowest BCUT2D eigenvalue weighted by atomic mass is 9.80. The minimum absolute atomic E-state index is 0.123. The van der Waals surface area contributed by atoms with E-state index in [2.05, 4.69) is 0 Å². The molecule has 0 aromatic heterocycles. The van der Waals surface area contributed by atoms with Crippen molar-refractivity contribution in [3.05, 3.63) is 35.4 Å². The van der Waals surface area contributed by atoms with E-state index in [1.165, 1.54) is 0 Å². The second-order valence-electron chi connectivity index (χ2n) is 4.99. The molecule has 3 rings (SSSR count). The van der Waals surface area contributed by atoms with Crippen LogP contribution in [0.5, 0.6) is 0 Å². The molecule has 1 aromatic carbocycles. The number of ketones is 2. The highest BCUT2D eigenvalue weighted by atomic mass is 16.5. The highest BCUT2D eigenvalue weighted by Crippen LogP contribution is 2.54. The number of rotatable bonds is 3. The standard InChI is InChI=1S/C15H14O4/c1-2-19-15(18)14(17)12-10-7-11(13(12)16)9-6-4-3-5-8(9)10/h3-6,10-12H,2,7H2,1H3. The van der Waals surface area contributed by atoms with E-state index in [0.29, 0.717) is 6.42 Å². The molecule has 0 radical (unpaired) electrons. The maximum atomic E-state index is 12.3. The molecule has 2 aliphatic rings. The molecule has 0 spiro atoms. The van der Waals surface area contributed by atoms with E-state index in [-0.39, 0.29) is 24.2 Å². The summed E-state index contributed by atoms with van der Waals surface area (Å²) in [7, 11) is 0. The van der Waals surface area contributed by atoms with Crippen molar-refractivity contribution in [3.8, 4) is 0 Å². The molecule has 19 heavy (non-hydrogen) atoms. The van der Waals surface area contributed by atoms with Gasteiger partial charge in [0.15, 0.2) is 5.78 Å². The Morgan fingerprint density at radius 2 is 1.95 bits per heavy atom. The molecule has 1 aromatic rings. The van der Waals surface area contributed by atoms with Crippen LogP contribution in [0, 0.1) is 5.92 Å². The molecule has 1 fully saturated rings. The normalized spacial score (nSPS) is 27.2. The van der Waals surface area contributed by atoms with Crippen LogP contribution in [0.15, 0.2) is 24.3 Å². The van der Waals surface area contributed by atoms with Crippen LogP contribution in [0.3, 0.4) is 0 Å². The lowest BCUT2D eigenvalue weighted by molar-refractivity contribution is -0.156. The average molecular weight is 258 g/mol. The van der Waals surface area contributed by atoms with E-state index in [1.54, 1.807) is 6.92 Å². The Morgan fingerprint density at radius 3 is 2.63 bits per heavy atom. The quantitative estimate of drug-likeness (QED) is 0.469. The number of fused-ring (bicyclic) bond motifs is 5. The van der Waals surface area contributed by atoms with Gasteiger partial charge in [-0.25, -0.2) is 4.79 Å². The van der Waals surface area contributed by atoms with Crippen LogP contribution in [0.1, 0.15) is 36.3 Å². The number of esters is 1. The van der Waals surface area contributed by atoms with Gasteiger partial charge in [0.1, 0.15) is 0 Å². The molecule has 4 heteroatoms. The number of Topliss-reactive ketones (excluding diaryl/α,β-unsaturated/α-hetero) is 2. The fourth-order valence-electron chi connectivity index (χ4n) is 3.31. The lowest BCUT2D eigenvalue weighted by Gasteiger charge is -2.21. The number of carbonyl (C=O) groups is 3. The predicted molar refractivity (Wildman–Crippen MR) is 66.7 cm³/mol. The minimum atomic E-state index is -0.883. The van der Waals surface area contributed by atoms with Crippen LogP contribution in [0.2, 0.25) is 0 Å². The number of ether oxygens (including phenoxy) is 1. The first-order valence-electron chi connectivity index (χ1n) is 6.48. The van der Waals surface area contributed by atoms with E-state index in [1.807, 2.05) is 24.3 Å². The summed E-state index contributed by atoms with van der Waals surface area (Å²) in [5.74, 6) is -2.89. The summed E-state index contributed by atoms with van der Waals surface area (Å²) in [6.45, 7) is 1.79. The molecule has 0 aliphatic heterocycles. The maximum Gasteiger partial charge on any atom is 0.375 e. The molecule has 0 N–H and O–H groups in total. The number of hydrogen-bond acceptors (Lipinski definition) is 4. The fourth-order valence-corrected chi connectivity index (χ4v) is 3.31. The molecular weight excluding hydrogens is 244 g/mol. The van der Waals surface area contributed by atoms with Gasteiger partial charge in [-0.2, -0.15) is 0 Å². The average Bonchev–Trinajstić information content (AvgIpc) is 2.94. The van der Waals surface area contributed by atoms with Crippen molar-refractivity contribution < 1.29 is 19.1 Å². The van der Waals surface area contributed by atoms with Crippen molar-refractivity contribution in [2.45, 2.75) is 25.2 Å². The second-order valence-corrected chi connectivity index (χ2v) is 4.99. The third-order valence-electron chi connectivity index (χ3n) is 4.07. The summed E-state index contributed by atoms with van der Waals surface area (Å²) in [5.41, 5.74) is 2.06. The first kappa shape index (κ1) is 12.1. The van der Waals surface area contributed by atoms with E-state index in [0.717, 1.165) is 11.1 Å². The first-order chi connectivity index (χ1) is 9.15. The molecule has 3 atom stereocenters. The van der Waals surface area contributed by atoms with Crippen molar-refractivity contribution in [2.24, 2.45) is 5.92 Å². The van der Waals surface area contributed by atoms with Gasteiger partial charge in [0, 0.05) is 11.8 Å². The fraction of sp³-hybridized carbons (Fsp3) is 0.400. The lowest BCUT2D eigenvalue weighted by Crippen LogP contribution is -2.34. The van der Waals surface area contributed by atoms with Gasteiger partial charge in [-0.15, -0.1) is 0 Å². The van der Waals surface area contributed by atoms with E-state index >= 15 is 0 Å². The molecule has 0 heterocycles. The third kappa shape index (κ3) is 1.63. The first-order valence-corrected chi connectivity index (χ1v) is 6.48. The van der Waals surface area contributed by atoms with Crippen molar-refractivity contribution >= 4 is 17.5 Å². The smallest absolute Gasteiger partial charge is 0.375 e.